The largest absolute Gasteiger partial charge is 0.442 e. The summed E-state index contributed by atoms with van der Waals surface area (Å²) in [6.45, 7) is 0.934. The summed E-state index contributed by atoms with van der Waals surface area (Å²) in [6.07, 6.45) is -0.965. The van der Waals surface area contributed by atoms with Crippen LogP contribution in [0.1, 0.15) is 4.88 Å². The Hall–Kier alpha value is -2.99. The number of anilines is 2. The van der Waals surface area contributed by atoms with E-state index in [1.807, 2.05) is 0 Å². The monoisotopic (exact) mass is 453 g/mol. The number of carbonyl (C=O) groups excluding carboxylic acids is 1. The highest BCUT2D eigenvalue weighted by Crippen LogP contribution is 2.30. The molecule has 0 aliphatic carbocycles. The fraction of sp³-hybridized carbons (Fsp3) is 0.333. The molecule has 1 saturated heterocycles. The number of carbonyl (C=O) groups is 1. The third-order valence-electron chi connectivity index (χ3n) is 4.47. The van der Waals surface area contributed by atoms with Crippen LogP contribution >= 0.6 is 23.6 Å². The molecule has 2 heterocycles. The molecule has 30 heavy (non-hydrogen) atoms. The lowest BCUT2D eigenvalue weighted by Crippen LogP contribution is -2.39. The summed E-state index contributed by atoms with van der Waals surface area (Å²) in [7, 11) is 3.38. The van der Waals surface area contributed by atoms with E-state index in [0.717, 1.165) is 16.2 Å². The van der Waals surface area contributed by atoms with E-state index in [2.05, 4.69) is 10.6 Å². The molecule has 3 rings (SSSR count). The molecule has 0 saturated carbocycles. The smallest absolute Gasteiger partial charge is 0.414 e. The molecule has 1 atom stereocenters. The number of nitrogens with zero attached hydrogens (tertiary/aromatic N) is 3. The predicted molar refractivity (Wildman–Crippen MR) is 117 cm³/mol. The summed E-state index contributed by atoms with van der Waals surface area (Å²) in [5, 5.41) is 17.0. The van der Waals surface area contributed by atoms with Gasteiger partial charge in [-0.3, -0.25) is 15.0 Å². The van der Waals surface area contributed by atoms with Crippen molar-refractivity contribution in [3.63, 3.8) is 0 Å². The average Bonchev–Trinajstić information content (AvgIpc) is 3.32. The van der Waals surface area contributed by atoms with E-state index in [1.54, 1.807) is 37.2 Å². The summed E-state index contributed by atoms with van der Waals surface area (Å²) < 4.78 is 20.0. The van der Waals surface area contributed by atoms with Gasteiger partial charge >= 0.3 is 11.1 Å². The minimum Gasteiger partial charge on any atom is -0.442 e. The maximum atomic E-state index is 14.8. The van der Waals surface area contributed by atoms with Gasteiger partial charge in [0, 0.05) is 25.0 Å². The van der Waals surface area contributed by atoms with Gasteiger partial charge in [0.2, 0.25) is 0 Å². The van der Waals surface area contributed by atoms with Crippen LogP contribution in [0.25, 0.3) is 0 Å². The quantitative estimate of drug-likeness (QED) is 0.375. The van der Waals surface area contributed by atoms with Crippen molar-refractivity contribution in [3.8, 4) is 0 Å². The topological polar surface area (TPSA) is 100.0 Å². The maximum absolute atomic E-state index is 14.8. The van der Waals surface area contributed by atoms with Crippen molar-refractivity contribution in [2.75, 3.05) is 37.0 Å². The highest BCUT2D eigenvalue weighted by atomic mass is 32.1. The van der Waals surface area contributed by atoms with Gasteiger partial charge in [-0.1, -0.05) is 11.3 Å². The van der Waals surface area contributed by atoms with Crippen LogP contribution in [0.4, 0.5) is 25.6 Å². The highest BCUT2D eigenvalue weighted by Gasteiger charge is 2.32. The third kappa shape index (κ3) is 4.94. The fourth-order valence-corrected chi connectivity index (χ4v) is 3.93. The number of nitro groups is 1. The predicted octanol–water partition coefficient (Wildman–Crippen LogP) is 2.85. The van der Waals surface area contributed by atoms with Gasteiger partial charge in [0.15, 0.2) is 5.11 Å². The van der Waals surface area contributed by atoms with Gasteiger partial charge in [0.05, 0.1) is 35.9 Å². The first-order valence-electron chi connectivity index (χ1n) is 8.96. The number of ether oxygens (including phenoxy) is 1. The van der Waals surface area contributed by atoms with Crippen LogP contribution in [0.5, 0.6) is 0 Å². The molecule has 1 aliphatic rings. The van der Waals surface area contributed by atoms with Crippen molar-refractivity contribution in [1.29, 1.82) is 0 Å². The number of rotatable bonds is 7. The molecule has 0 radical (unpaired) electrons. The Kier molecular flexibility index (Phi) is 6.67. The summed E-state index contributed by atoms with van der Waals surface area (Å²) in [5.41, 5.74) is 0.708. The number of thiophene rings is 1. The molecule has 160 valence electrons. The lowest BCUT2D eigenvalue weighted by atomic mass is 10.2. The summed E-state index contributed by atoms with van der Waals surface area (Å²) >= 11 is 6.05. The van der Waals surface area contributed by atoms with Crippen molar-refractivity contribution < 1.29 is 18.8 Å². The first-order valence-corrected chi connectivity index (χ1v) is 10.2. The Labute approximate surface area is 181 Å². The molecule has 0 bridgehead atoms. The minimum absolute atomic E-state index is 0.0429. The molecule has 2 N–H and O–H groups in total. The van der Waals surface area contributed by atoms with Gasteiger partial charge in [0.25, 0.3) is 0 Å². The van der Waals surface area contributed by atoms with Crippen LogP contribution in [0.2, 0.25) is 0 Å². The van der Waals surface area contributed by atoms with E-state index in [-0.39, 0.29) is 11.5 Å². The number of amides is 1. The third-order valence-corrected chi connectivity index (χ3v) is 5.84. The van der Waals surface area contributed by atoms with Gasteiger partial charge in [-0.05, 0) is 36.5 Å². The Morgan fingerprint density at radius 3 is 2.87 bits per heavy atom. The van der Waals surface area contributed by atoms with E-state index in [1.165, 1.54) is 17.0 Å². The first-order chi connectivity index (χ1) is 14.3. The van der Waals surface area contributed by atoms with Gasteiger partial charge < -0.3 is 20.3 Å². The molecule has 1 unspecified atom stereocenters. The van der Waals surface area contributed by atoms with E-state index in [4.69, 9.17) is 17.0 Å². The van der Waals surface area contributed by atoms with Crippen molar-refractivity contribution in [1.82, 2.24) is 10.6 Å². The number of nitrogens with one attached hydrogen (secondary N) is 2. The molecule has 9 nitrogen and oxygen atoms in total. The number of benzene rings is 1. The molecular weight excluding hydrogens is 433 g/mol. The lowest BCUT2D eigenvalue weighted by molar-refractivity contribution is -0.380. The van der Waals surface area contributed by atoms with Crippen LogP contribution in [0, 0.1) is 15.9 Å². The van der Waals surface area contributed by atoms with Gasteiger partial charge in [-0.15, -0.1) is 0 Å². The van der Waals surface area contributed by atoms with Crippen LogP contribution < -0.4 is 20.4 Å². The van der Waals surface area contributed by atoms with E-state index in [9.17, 15) is 19.3 Å². The lowest BCUT2D eigenvalue weighted by Gasteiger charge is -2.21. The molecule has 1 fully saturated rings. The zero-order valence-electron chi connectivity index (χ0n) is 16.3. The normalized spacial score (nSPS) is 15.6. The summed E-state index contributed by atoms with van der Waals surface area (Å²) in [4.78, 5) is 26.3. The molecule has 1 aromatic carbocycles. The highest BCUT2D eigenvalue weighted by molar-refractivity contribution is 7.80. The zero-order valence-corrected chi connectivity index (χ0v) is 17.9. The zero-order chi connectivity index (χ0) is 21.8. The first kappa shape index (κ1) is 21.7. The SMILES string of the molecule is CNC(=S)NCC1CN(c2ccc(N(C)Cc3ccc([N+](=O)[O-])s3)c(F)c2)C(=O)O1. The van der Waals surface area contributed by atoms with Crippen molar-refractivity contribution in [2.24, 2.45) is 0 Å². The van der Waals surface area contributed by atoms with E-state index >= 15 is 0 Å². The number of hydrogen-bond acceptors (Lipinski definition) is 7. The Bertz CT molecular complexity index is 970. The van der Waals surface area contributed by atoms with Crippen LogP contribution in [-0.2, 0) is 11.3 Å². The van der Waals surface area contributed by atoms with Crippen LogP contribution in [0.15, 0.2) is 30.3 Å². The molecule has 1 amide bonds. The number of hydrogen-bond donors (Lipinski definition) is 2. The summed E-state index contributed by atoms with van der Waals surface area (Å²) in [5.74, 6) is -0.508. The number of cyclic esters (lactones) is 1. The molecule has 2 aromatic rings. The molecular formula is C18H20FN5O4S2. The van der Waals surface area contributed by atoms with Crippen molar-refractivity contribution in [2.45, 2.75) is 12.6 Å². The average molecular weight is 454 g/mol. The number of thiocarbonyl (C=S) groups is 1. The van der Waals surface area contributed by atoms with Crippen LogP contribution in [0.3, 0.4) is 0 Å². The van der Waals surface area contributed by atoms with Crippen molar-refractivity contribution >= 4 is 51.1 Å². The fourth-order valence-electron chi connectivity index (χ4n) is 2.98. The Balaban J connectivity index is 1.66. The molecule has 12 heteroatoms. The standard InChI is InChI=1S/C18H20FN5O4S2/c1-20-17(29)21-8-12-9-23(18(25)28-12)11-3-5-15(14(19)7-11)22(2)10-13-4-6-16(30-13)24(26)27/h3-7,12H,8-10H2,1-2H3,(H2,20,21,29). The molecule has 1 aliphatic heterocycles. The second-order valence-corrected chi connectivity index (χ2v) is 8.12. The van der Waals surface area contributed by atoms with Gasteiger partial charge in [0.1, 0.15) is 11.9 Å². The second-order valence-electron chi connectivity index (χ2n) is 6.57. The van der Waals surface area contributed by atoms with E-state index in [0.29, 0.717) is 29.6 Å². The van der Waals surface area contributed by atoms with Crippen LogP contribution in [-0.4, -0.2) is 49.4 Å². The van der Waals surface area contributed by atoms with Crippen molar-refractivity contribution in [3.05, 3.63) is 51.1 Å². The molecule has 0 spiro atoms. The second kappa shape index (κ2) is 9.22. The summed E-state index contributed by atoms with van der Waals surface area (Å²) in [6, 6.07) is 7.57. The van der Waals surface area contributed by atoms with Gasteiger partial charge in [-0.2, -0.15) is 0 Å². The van der Waals surface area contributed by atoms with E-state index < -0.39 is 22.9 Å². The maximum Gasteiger partial charge on any atom is 0.414 e. The Morgan fingerprint density at radius 2 is 2.23 bits per heavy atom. The molecule has 1 aromatic heterocycles. The minimum atomic E-state index is -0.552. The Morgan fingerprint density at radius 1 is 1.47 bits per heavy atom. The number of halogens is 1. The van der Waals surface area contributed by atoms with Gasteiger partial charge in [-0.25, -0.2) is 9.18 Å².